The van der Waals surface area contributed by atoms with Crippen LogP contribution in [0.3, 0.4) is 0 Å². The normalized spacial score (nSPS) is 20.0. The second kappa shape index (κ2) is 8.39. The van der Waals surface area contributed by atoms with Crippen LogP contribution in [0.1, 0.15) is 42.2 Å². The van der Waals surface area contributed by atoms with Crippen LogP contribution in [0.25, 0.3) is 0 Å². The predicted molar refractivity (Wildman–Crippen MR) is 100 cm³/mol. The van der Waals surface area contributed by atoms with Crippen LogP contribution in [0, 0.1) is 6.92 Å². The number of carbonyl (C=O) groups is 2. The molecule has 2 aromatic rings. The lowest BCUT2D eigenvalue weighted by Gasteiger charge is -2.28. The van der Waals surface area contributed by atoms with E-state index in [2.05, 4.69) is 20.2 Å². The summed E-state index contributed by atoms with van der Waals surface area (Å²) < 4.78 is 5.22. The number of aromatic nitrogens is 2. The zero-order chi connectivity index (χ0) is 19.4. The van der Waals surface area contributed by atoms with E-state index in [0.29, 0.717) is 43.9 Å². The fraction of sp³-hybridized carbons (Fsp3) is 0.526. The highest BCUT2D eigenvalue weighted by atomic mass is 16.3. The van der Waals surface area contributed by atoms with Gasteiger partial charge in [-0.3, -0.25) is 14.5 Å². The third kappa shape index (κ3) is 4.21. The molecule has 0 spiro atoms. The molecule has 0 radical (unpaired) electrons. The van der Waals surface area contributed by atoms with Gasteiger partial charge < -0.3 is 19.6 Å². The van der Waals surface area contributed by atoms with E-state index in [-0.39, 0.29) is 23.9 Å². The van der Waals surface area contributed by atoms with Crippen LogP contribution in [0.15, 0.2) is 29.1 Å². The van der Waals surface area contributed by atoms with E-state index < -0.39 is 0 Å². The number of nitrogens with zero attached hydrogens (tertiary/aromatic N) is 3. The van der Waals surface area contributed by atoms with Crippen LogP contribution < -0.4 is 5.32 Å². The average Bonchev–Trinajstić information content (AvgIpc) is 3.38. The molecule has 1 aliphatic heterocycles. The number of rotatable bonds is 7. The lowest BCUT2D eigenvalue weighted by molar-refractivity contribution is -0.135. The molecule has 8 heteroatoms. The van der Waals surface area contributed by atoms with Crippen molar-refractivity contribution in [2.75, 3.05) is 19.6 Å². The molecular formula is C19H27N5O3. The molecule has 0 bridgehead atoms. The Hall–Kier alpha value is -2.61. The van der Waals surface area contributed by atoms with Gasteiger partial charge in [0.2, 0.25) is 5.91 Å². The van der Waals surface area contributed by atoms with Gasteiger partial charge in [-0.15, -0.1) is 0 Å². The summed E-state index contributed by atoms with van der Waals surface area (Å²) in [4.78, 5) is 36.8. The maximum Gasteiger partial charge on any atom is 0.255 e. The number of likely N-dealkylation sites (N-methyl/N-ethyl adjacent to an activating group) is 1. The maximum atomic E-state index is 13.0. The fourth-order valence-electron chi connectivity index (χ4n) is 3.65. The molecule has 0 aromatic carbocycles. The average molecular weight is 373 g/mol. The van der Waals surface area contributed by atoms with Crippen LogP contribution in [-0.2, 0) is 11.3 Å². The molecule has 0 unspecified atom stereocenters. The summed E-state index contributed by atoms with van der Waals surface area (Å²) >= 11 is 0. The Morgan fingerprint density at radius 3 is 2.78 bits per heavy atom. The molecule has 0 aliphatic carbocycles. The number of aryl methyl sites for hydroxylation is 1. The SMILES string of the molecule is CCN(CC)C(=O)[C@@H]1C[C@H](NC(=O)c2ccoc2C)CN1Cc1ncc[nH]1. The van der Waals surface area contributed by atoms with Gasteiger partial charge in [-0.1, -0.05) is 0 Å². The number of H-pyrrole nitrogens is 1. The van der Waals surface area contributed by atoms with Crippen LogP contribution in [0.4, 0.5) is 0 Å². The van der Waals surface area contributed by atoms with Crippen molar-refractivity contribution in [3.05, 3.63) is 41.9 Å². The van der Waals surface area contributed by atoms with Crippen LogP contribution in [0.2, 0.25) is 0 Å². The van der Waals surface area contributed by atoms with Gasteiger partial charge in [0, 0.05) is 38.1 Å². The minimum Gasteiger partial charge on any atom is -0.469 e. The largest absolute Gasteiger partial charge is 0.469 e. The highest BCUT2D eigenvalue weighted by Crippen LogP contribution is 2.22. The molecule has 2 aromatic heterocycles. The third-order valence-electron chi connectivity index (χ3n) is 5.11. The Balaban J connectivity index is 1.73. The number of imidazole rings is 1. The molecule has 2 atom stereocenters. The number of nitrogens with one attached hydrogen (secondary N) is 2. The van der Waals surface area contributed by atoms with E-state index in [0.717, 1.165) is 5.82 Å². The summed E-state index contributed by atoms with van der Waals surface area (Å²) in [5, 5.41) is 3.05. The number of hydrogen-bond acceptors (Lipinski definition) is 5. The first-order valence-electron chi connectivity index (χ1n) is 9.39. The number of amides is 2. The van der Waals surface area contributed by atoms with Crippen molar-refractivity contribution < 1.29 is 14.0 Å². The standard InChI is InChI=1S/C19H27N5O3/c1-4-23(5-2)19(26)16-10-14(11-24(16)12-17-20-7-8-21-17)22-18(25)15-6-9-27-13(15)3/h6-9,14,16H,4-5,10-12H2,1-3H3,(H,20,21)(H,22,25)/t14-,16-/m0/s1. The maximum absolute atomic E-state index is 13.0. The van der Waals surface area contributed by atoms with Gasteiger partial charge in [0.05, 0.1) is 24.4 Å². The Labute approximate surface area is 158 Å². The number of likely N-dealkylation sites (tertiary alicyclic amines) is 1. The molecule has 1 aliphatic rings. The minimum atomic E-state index is -0.272. The molecule has 8 nitrogen and oxygen atoms in total. The lowest BCUT2D eigenvalue weighted by Crippen LogP contribution is -2.45. The Morgan fingerprint density at radius 2 is 2.19 bits per heavy atom. The fourth-order valence-corrected chi connectivity index (χ4v) is 3.65. The smallest absolute Gasteiger partial charge is 0.255 e. The van der Waals surface area contributed by atoms with Crippen molar-refractivity contribution >= 4 is 11.8 Å². The van der Waals surface area contributed by atoms with E-state index in [1.165, 1.54) is 6.26 Å². The Bertz CT molecular complexity index is 766. The van der Waals surface area contributed by atoms with Gasteiger partial charge in [0.1, 0.15) is 11.6 Å². The zero-order valence-electron chi connectivity index (χ0n) is 16.1. The summed E-state index contributed by atoms with van der Waals surface area (Å²) in [5.74, 6) is 1.33. The molecular weight excluding hydrogens is 346 g/mol. The lowest BCUT2D eigenvalue weighted by atomic mass is 10.1. The second-order valence-corrected chi connectivity index (χ2v) is 6.79. The van der Waals surface area contributed by atoms with Crippen molar-refractivity contribution in [3.63, 3.8) is 0 Å². The number of furan rings is 1. The van der Waals surface area contributed by atoms with Crippen LogP contribution in [0.5, 0.6) is 0 Å². The van der Waals surface area contributed by atoms with Crippen molar-refractivity contribution in [2.45, 2.75) is 45.8 Å². The second-order valence-electron chi connectivity index (χ2n) is 6.79. The van der Waals surface area contributed by atoms with E-state index in [4.69, 9.17) is 4.42 Å². The first-order chi connectivity index (χ1) is 13.0. The van der Waals surface area contributed by atoms with E-state index in [1.54, 1.807) is 25.4 Å². The summed E-state index contributed by atoms with van der Waals surface area (Å²) in [7, 11) is 0. The van der Waals surface area contributed by atoms with Crippen LogP contribution >= 0.6 is 0 Å². The zero-order valence-corrected chi connectivity index (χ0v) is 16.1. The van der Waals surface area contributed by atoms with Crippen molar-refractivity contribution in [1.29, 1.82) is 0 Å². The van der Waals surface area contributed by atoms with Gasteiger partial charge in [0.25, 0.3) is 5.91 Å². The molecule has 2 N–H and O–H groups in total. The minimum absolute atomic E-state index is 0.0998. The van der Waals surface area contributed by atoms with Crippen molar-refractivity contribution in [3.8, 4) is 0 Å². The monoisotopic (exact) mass is 373 g/mol. The van der Waals surface area contributed by atoms with E-state index in [1.807, 2.05) is 18.7 Å². The molecule has 3 rings (SSSR count). The number of carbonyl (C=O) groups excluding carboxylic acids is 2. The molecule has 0 saturated carbocycles. The Morgan fingerprint density at radius 1 is 1.41 bits per heavy atom. The quantitative estimate of drug-likeness (QED) is 0.768. The first kappa shape index (κ1) is 19.2. The van der Waals surface area contributed by atoms with Gasteiger partial charge in [-0.2, -0.15) is 0 Å². The highest BCUT2D eigenvalue weighted by Gasteiger charge is 2.39. The van der Waals surface area contributed by atoms with Gasteiger partial charge in [-0.25, -0.2) is 4.98 Å². The Kier molecular flexibility index (Phi) is 5.95. The predicted octanol–water partition coefficient (Wildman–Crippen LogP) is 1.55. The summed E-state index contributed by atoms with van der Waals surface area (Å²) in [6.45, 7) is 8.21. The summed E-state index contributed by atoms with van der Waals surface area (Å²) in [5.41, 5.74) is 0.533. The topological polar surface area (TPSA) is 94.5 Å². The van der Waals surface area contributed by atoms with Crippen molar-refractivity contribution in [2.24, 2.45) is 0 Å². The first-order valence-corrected chi connectivity index (χ1v) is 9.39. The molecule has 27 heavy (non-hydrogen) atoms. The van der Waals surface area contributed by atoms with Gasteiger partial charge in [-0.05, 0) is 33.3 Å². The van der Waals surface area contributed by atoms with Gasteiger partial charge in [0.15, 0.2) is 0 Å². The van der Waals surface area contributed by atoms with Crippen LogP contribution in [-0.4, -0.2) is 63.3 Å². The summed E-state index contributed by atoms with van der Waals surface area (Å²) in [6.07, 6.45) is 5.56. The van der Waals surface area contributed by atoms with Crippen molar-refractivity contribution in [1.82, 2.24) is 25.1 Å². The molecule has 1 fully saturated rings. The highest BCUT2D eigenvalue weighted by molar-refractivity contribution is 5.95. The van der Waals surface area contributed by atoms with Gasteiger partial charge >= 0.3 is 0 Å². The van der Waals surface area contributed by atoms with E-state index in [9.17, 15) is 9.59 Å². The molecule has 1 saturated heterocycles. The number of aromatic amines is 1. The number of hydrogen-bond donors (Lipinski definition) is 2. The summed E-state index contributed by atoms with van der Waals surface area (Å²) in [6, 6.07) is 1.29. The molecule has 3 heterocycles. The van der Waals surface area contributed by atoms with E-state index >= 15 is 0 Å². The third-order valence-corrected chi connectivity index (χ3v) is 5.11. The molecule has 2 amide bonds. The molecule has 146 valence electrons.